The quantitative estimate of drug-likeness (QED) is 0.138. The van der Waals surface area contributed by atoms with Gasteiger partial charge in [-0.05, 0) is 24.3 Å². The third-order valence-electron chi connectivity index (χ3n) is 10.4. The Hall–Kier alpha value is -5.03. The Bertz CT molecular complexity index is 2700. The number of hydrogen-bond donors (Lipinski definition) is 4. The van der Waals surface area contributed by atoms with Gasteiger partial charge in [-0.1, -0.05) is 48.6 Å². The number of imidazole rings is 2. The SMILES string of the molecule is O=C(Nc1ncnc2c1ncn2[C@@H]1O[C@@H]2CO[P@@](=O)(S)O[C@H]3[C@H]4OC[C@]3(CO[PH](=O)O[C@@H]1[C@@H]2O)O[C@H]4n1cnc2c(NC(=O)c3ccccc3)ncnc21)c1ccccc1. The molecule has 22 nitrogen and oxygen atoms in total. The van der Waals surface area contributed by atoms with E-state index in [0.29, 0.717) is 11.1 Å². The minimum absolute atomic E-state index is 0.0999. The Kier molecular flexibility index (Phi) is 10.1. The van der Waals surface area contributed by atoms with E-state index in [9.17, 15) is 23.8 Å². The van der Waals surface area contributed by atoms with Crippen LogP contribution < -0.4 is 10.6 Å². The van der Waals surface area contributed by atoms with Crippen molar-refractivity contribution in [3.63, 3.8) is 0 Å². The fraction of sp³-hybridized carbons (Fsp3) is 0.314. The Morgan fingerprint density at radius 1 is 0.817 bits per heavy atom. The lowest BCUT2D eigenvalue weighted by Crippen LogP contribution is -2.45. The van der Waals surface area contributed by atoms with Crippen molar-refractivity contribution in [3.8, 4) is 0 Å². The smallest absolute Gasteiger partial charge is 0.386 e. The molecule has 10 atom stereocenters. The molecule has 310 valence electrons. The molecular formula is C35H32N10O12P2S. The van der Waals surface area contributed by atoms with E-state index in [1.807, 2.05) is 0 Å². The molecule has 4 aliphatic rings. The van der Waals surface area contributed by atoms with Crippen molar-refractivity contribution in [2.75, 3.05) is 30.5 Å². The van der Waals surface area contributed by atoms with Gasteiger partial charge >= 0.3 is 15.1 Å². The molecule has 3 N–H and O–H groups in total. The van der Waals surface area contributed by atoms with Crippen molar-refractivity contribution < 1.29 is 56.1 Å². The van der Waals surface area contributed by atoms with E-state index >= 15 is 0 Å². The van der Waals surface area contributed by atoms with Crippen LogP contribution in [0.1, 0.15) is 33.2 Å². The summed E-state index contributed by atoms with van der Waals surface area (Å²) in [4.78, 5) is 51.8. The summed E-state index contributed by atoms with van der Waals surface area (Å²) in [6, 6.07) is 17.1. The summed E-state index contributed by atoms with van der Waals surface area (Å²) < 4.78 is 72.8. The molecule has 4 fully saturated rings. The Balaban J connectivity index is 0.908. The molecular weight excluding hydrogens is 846 g/mol. The van der Waals surface area contributed by atoms with Crippen LogP contribution in [0.4, 0.5) is 11.6 Å². The normalized spacial score (nSPS) is 31.6. The Morgan fingerprint density at radius 2 is 1.40 bits per heavy atom. The highest BCUT2D eigenvalue weighted by Gasteiger charge is 2.65. The van der Waals surface area contributed by atoms with Gasteiger partial charge < -0.3 is 34.5 Å². The van der Waals surface area contributed by atoms with Gasteiger partial charge in [0.1, 0.15) is 48.8 Å². The Labute approximate surface area is 343 Å². The number of carbonyl (C=O) groups excluding carboxylic acids is 2. The molecule has 4 saturated heterocycles. The fourth-order valence-electron chi connectivity index (χ4n) is 7.55. The number of anilines is 2. The molecule has 6 aromatic rings. The number of amides is 2. The van der Waals surface area contributed by atoms with Crippen LogP contribution in [0, 0.1) is 0 Å². The highest BCUT2D eigenvalue weighted by Crippen LogP contribution is 2.60. The van der Waals surface area contributed by atoms with Gasteiger partial charge in [-0.25, -0.2) is 34.5 Å². The number of thiol groups is 1. The first-order valence-corrected chi connectivity index (χ1v) is 22.2. The van der Waals surface area contributed by atoms with Crippen molar-refractivity contribution in [3.05, 3.63) is 97.1 Å². The molecule has 10 rings (SSSR count). The molecule has 60 heavy (non-hydrogen) atoms. The Morgan fingerprint density at radius 3 is 2.00 bits per heavy atom. The van der Waals surface area contributed by atoms with Crippen molar-refractivity contribution in [2.45, 2.75) is 48.6 Å². The molecule has 1 unspecified atom stereocenters. The number of hydrogen-bond acceptors (Lipinski definition) is 18. The third kappa shape index (κ3) is 7.00. The summed E-state index contributed by atoms with van der Waals surface area (Å²) in [5.41, 5.74) is 0.130. The third-order valence-corrected chi connectivity index (χ3v) is 12.8. The summed E-state index contributed by atoms with van der Waals surface area (Å²) >= 11 is 4.26. The van der Waals surface area contributed by atoms with Crippen molar-refractivity contribution in [2.24, 2.45) is 0 Å². The number of aliphatic hydroxyl groups is 1. The van der Waals surface area contributed by atoms with Crippen LogP contribution in [0.2, 0.25) is 0 Å². The van der Waals surface area contributed by atoms with Gasteiger partial charge in [-0.2, -0.15) is 0 Å². The zero-order chi connectivity index (χ0) is 41.2. The first-order chi connectivity index (χ1) is 29.1. The van der Waals surface area contributed by atoms with E-state index in [0.717, 1.165) is 0 Å². The van der Waals surface area contributed by atoms with Crippen LogP contribution in [-0.2, 0) is 41.4 Å². The highest BCUT2D eigenvalue weighted by molar-refractivity contribution is 8.44. The second kappa shape index (κ2) is 15.5. The van der Waals surface area contributed by atoms with E-state index < -0.39 is 88.7 Å². The minimum atomic E-state index is -4.31. The number of rotatable bonds is 6. The predicted octanol–water partition coefficient (Wildman–Crippen LogP) is 3.34. The number of ether oxygens (including phenoxy) is 3. The number of aliphatic hydroxyl groups excluding tert-OH is 1. The highest BCUT2D eigenvalue weighted by atomic mass is 32.7. The van der Waals surface area contributed by atoms with Gasteiger partial charge in [0.05, 0.1) is 32.5 Å². The number of fused-ring (bicyclic) bond motifs is 4. The van der Waals surface area contributed by atoms with Gasteiger partial charge in [0.15, 0.2) is 46.4 Å². The second-order valence-corrected chi connectivity index (χ2v) is 17.9. The maximum atomic E-state index is 13.9. The molecule has 0 aliphatic carbocycles. The minimum Gasteiger partial charge on any atom is -0.387 e. The standard InChI is InChI=1S/C35H32N10O12P2S/c46-23-20-11-53-59(50,60)57-26-25-34(45-17-41-22-28(37-15-39-30(22)45)43-32(48)19-9-5-2-6-10-19)55-35(26,12-51-25)13-52-58(49)56-24(23)33(54-20)44-16-40-21-27(36-14-38-29(21)44)42-31(47)18-7-3-1-4-8-18/h1-10,14-17,20,23-26,33-34,46,58H,11-13H2,(H,50,60)(H,36,38,42,47)(H,37,39,43,48)/t20-,23-,24-,25-,26+,33-,34-,35-,59-/m1/s1. The lowest BCUT2D eigenvalue weighted by Gasteiger charge is -2.31. The summed E-state index contributed by atoms with van der Waals surface area (Å²) in [6.45, 7) is -5.43. The molecule has 2 aromatic carbocycles. The summed E-state index contributed by atoms with van der Waals surface area (Å²) in [6.07, 6.45) is -3.27. The molecule has 25 heteroatoms. The maximum Gasteiger partial charge on any atom is 0.386 e. The largest absolute Gasteiger partial charge is 0.387 e. The first kappa shape index (κ1) is 39.1. The van der Waals surface area contributed by atoms with Crippen LogP contribution in [-0.4, -0.2) is 112 Å². The maximum absolute atomic E-state index is 13.9. The van der Waals surface area contributed by atoms with E-state index in [1.165, 1.54) is 34.4 Å². The molecule has 4 bridgehead atoms. The van der Waals surface area contributed by atoms with Gasteiger partial charge in [0.2, 0.25) is 0 Å². The summed E-state index contributed by atoms with van der Waals surface area (Å²) in [7, 11) is -3.48. The molecule has 4 aliphatic heterocycles. The lowest BCUT2D eigenvalue weighted by atomic mass is 10.0. The molecule has 0 saturated carbocycles. The zero-order valence-electron chi connectivity index (χ0n) is 30.7. The van der Waals surface area contributed by atoms with Crippen molar-refractivity contribution in [1.82, 2.24) is 39.0 Å². The van der Waals surface area contributed by atoms with E-state index in [4.69, 9.17) is 32.3 Å². The van der Waals surface area contributed by atoms with E-state index in [1.54, 1.807) is 60.7 Å². The van der Waals surface area contributed by atoms with Gasteiger partial charge in [0.25, 0.3) is 11.8 Å². The van der Waals surface area contributed by atoms with Crippen LogP contribution in [0.3, 0.4) is 0 Å². The molecule has 2 amide bonds. The summed E-state index contributed by atoms with van der Waals surface area (Å²) in [5.74, 6) is -0.600. The summed E-state index contributed by atoms with van der Waals surface area (Å²) in [5, 5.41) is 16.9. The van der Waals surface area contributed by atoms with Gasteiger partial charge in [-0.15, -0.1) is 0 Å². The van der Waals surface area contributed by atoms with Gasteiger partial charge in [0, 0.05) is 11.1 Å². The number of nitrogens with one attached hydrogen (secondary N) is 2. The molecule has 0 radical (unpaired) electrons. The van der Waals surface area contributed by atoms with Crippen LogP contribution in [0.5, 0.6) is 0 Å². The average molecular weight is 879 g/mol. The predicted molar refractivity (Wildman–Crippen MR) is 209 cm³/mol. The monoisotopic (exact) mass is 878 g/mol. The van der Waals surface area contributed by atoms with Gasteiger partial charge in [-0.3, -0.25) is 36.9 Å². The average Bonchev–Trinajstić information content (AvgIpc) is 4.08. The molecule has 4 aromatic heterocycles. The lowest BCUT2D eigenvalue weighted by molar-refractivity contribution is -0.182. The van der Waals surface area contributed by atoms with E-state index in [-0.39, 0.29) is 40.6 Å². The van der Waals surface area contributed by atoms with E-state index in [2.05, 4.69) is 52.8 Å². The molecule has 0 spiro atoms. The number of benzene rings is 2. The number of nitrogens with zero attached hydrogens (tertiary/aromatic N) is 8. The van der Waals surface area contributed by atoms with Crippen molar-refractivity contribution in [1.29, 1.82) is 0 Å². The zero-order valence-corrected chi connectivity index (χ0v) is 33.4. The first-order valence-electron chi connectivity index (χ1n) is 18.3. The topological polar surface area (TPSA) is 264 Å². The number of aromatic nitrogens is 8. The van der Waals surface area contributed by atoms with Crippen LogP contribution in [0.15, 0.2) is 86.0 Å². The molecule has 8 heterocycles. The number of carbonyl (C=O) groups is 2. The van der Waals surface area contributed by atoms with Crippen LogP contribution in [0.25, 0.3) is 22.3 Å². The van der Waals surface area contributed by atoms with Crippen molar-refractivity contribution >= 4 is 73.1 Å². The second-order valence-electron chi connectivity index (χ2n) is 14.0. The fourth-order valence-corrected chi connectivity index (χ4v) is 9.96. The van der Waals surface area contributed by atoms with Crippen LogP contribution >= 0.6 is 27.3 Å².